The summed E-state index contributed by atoms with van der Waals surface area (Å²) in [5.74, 6) is 1.40. The van der Waals surface area contributed by atoms with Crippen LogP contribution in [0.3, 0.4) is 0 Å². The van der Waals surface area contributed by atoms with Crippen molar-refractivity contribution in [3.63, 3.8) is 0 Å². The van der Waals surface area contributed by atoms with Gasteiger partial charge in [0, 0.05) is 55.8 Å². The molecule has 3 atom stereocenters. The van der Waals surface area contributed by atoms with Gasteiger partial charge in [0.15, 0.2) is 5.69 Å². The smallest absolute Gasteiger partial charge is 0.276 e. The standard InChI is InChI=1S/C20H22N4O4/c25-19(13-2-1-5-21-7-13)22-8-14-11-27-18-10-24(9-15(14)18)20(26)16-6-17(28-23-16)12-3-4-12/h1-2,5-7,12,14-15,18H,3-4,8-11H2,(H,22,25)/t14-,15-,18-/m1/s1. The number of rotatable bonds is 5. The number of hydrogen-bond donors (Lipinski definition) is 1. The van der Waals surface area contributed by atoms with E-state index >= 15 is 0 Å². The van der Waals surface area contributed by atoms with Gasteiger partial charge in [-0.1, -0.05) is 5.16 Å². The topological polar surface area (TPSA) is 97.6 Å². The lowest BCUT2D eigenvalue weighted by Gasteiger charge is -2.19. The Hall–Kier alpha value is -2.74. The van der Waals surface area contributed by atoms with Crippen molar-refractivity contribution in [2.24, 2.45) is 11.8 Å². The number of carbonyl (C=O) groups is 2. The van der Waals surface area contributed by atoms with E-state index < -0.39 is 0 Å². The molecule has 0 unspecified atom stereocenters. The molecule has 1 saturated carbocycles. The van der Waals surface area contributed by atoms with Gasteiger partial charge in [-0.25, -0.2) is 0 Å². The molecule has 1 N–H and O–H groups in total. The maximum Gasteiger partial charge on any atom is 0.276 e. The van der Waals surface area contributed by atoms with Gasteiger partial charge in [0.25, 0.3) is 11.8 Å². The lowest BCUT2D eigenvalue weighted by Crippen LogP contribution is -2.35. The van der Waals surface area contributed by atoms with Crippen molar-refractivity contribution < 1.29 is 18.8 Å². The number of aromatic nitrogens is 2. The van der Waals surface area contributed by atoms with E-state index in [2.05, 4.69) is 15.5 Å². The molecule has 2 saturated heterocycles. The van der Waals surface area contributed by atoms with Crippen molar-refractivity contribution >= 4 is 11.8 Å². The van der Waals surface area contributed by atoms with Crippen LogP contribution in [0.4, 0.5) is 0 Å². The maximum absolute atomic E-state index is 12.8. The number of likely N-dealkylation sites (tertiary alicyclic amines) is 1. The average molecular weight is 382 g/mol. The molecule has 8 heteroatoms. The Labute approximate surface area is 162 Å². The first kappa shape index (κ1) is 17.4. The minimum atomic E-state index is -0.141. The highest BCUT2D eigenvalue weighted by Gasteiger charge is 2.45. The fourth-order valence-corrected chi connectivity index (χ4v) is 4.11. The summed E-state index contributed by atoms with van der Waals surface area (Å²) in [5, 5.41) is 6.92. The molecular weight excluding hydrogens is 360 g/mol. The second kappa shape index (κ2) is 7.01. The van der Waals surface area contributed by atoms with E-state index in [1.54, 1.807) is 35.5 Å². The zero-order valence-electron chi connectivity index (χ0n) is 15.4. The highest BCUT2D eigenvalue weighted by atomic mass is 16.5. The lowest BCUT2D eigenvalue weighted by molar-refractivity contribution is 0.0666. The SMILES string of the molecule is O=C(NC[C@@H]1CO[C@@H]2CN(C(=O)c3cc(C4CC4)on3)C[C@H]12)c1cccnc1. The minimum absolute atomic E-state index is 0.0130. The molecule has 2 aromatic rings. The summed E-state index contributed by atoms with van der Waals surface area (Å²) in [5.41, 5.74) is 0.919. The van der Waals surface area contributed by atoms with Gasteiger partial charge in [-0.05, 0) is 25.0 Å². The van der Waals surface area contributed by atoms with Crippen LogP contribution in [0.15, 0.2) is 35.1 Å². The Kier molecular flexibility index (Phi) is 4.35. The van der Waals surface area contributed by atoms with Crippen LogP contribution in [0.5, 0.6) is 0 Å². The van der Waals surface area contributed by atoms with Crippen LogP contribution in [-0.2, 0) is 4.74 Å². The molecule has 4 heterocycles. The Bertz CT molecular complexity index is 879. The third-order valence-corrected chi connectivity index (χ3v) is 5.90. The first-order chi connectivity index (χ1) is 13.7. The van der Waals surface area contributed by atoms with E-state index in [0.717, 1.165) is 18.6 Å². The summed E-state index contributed by atoms with van der Waals surface area (Å²) in [6, 6.07) is 5.25. The number of nitrogens with zero attached hydrogens (tertiary/aromatic N) is 3. The van der Waals surface area contributed by atoms with Crippen LogP contribution >= 0.6 is 0 Å². The number of pyridine rings is 1. The molecule has 3 fully saturated rings. The largest absolute Gasteiger partial charge is 0.376 e. The molecule has 28 heavy (non-hydrogen) atoms. The predicted octanol–water partition coefficient (Wildman–Crippen LogP) is 1.46. The van der Waals surface area contributed by atoms with Crippen LogP contribution in [0.1, 0.15) is 45.4 Å². The van der Waals surface area contributed by atoms with Gasteiger partial charge in [-0.15, -0.1) is 0 Å². The molecule has 3 aliphatic rings. The zero-order chi connectivity index (χ0) is 19.1. The van der Waals surface area contributed by atoms with E-state index in [4.69, 9.17) is 9.26 Å². The van der Waals surface area contributed by atoms with Crippen molar-refractivity contribution in [1.29, 1.82) is 0 Å². The molecule has 0 radical (unpaired) electrons. The van der Waals surface area contributed by atoms with Crippen LogP contribution in [0.25, 0.3) is 0 Å². The van der Waals surface area contributed by atoms with Crippen LogP contribution in [-0.4, -0.2) is 59.2 Å². The number of ether oxygens (including phenoxy) is 1. The third-order valence-electron chi connectivity index (χ3n) is 5.90. The lowest BCUT2D eigenvalue weighted by atomic mass is 9.93. The second-order valence-corrected chi connectivity index (χ2v) is 7.85. The highest BCUT2D eigenvalue weighted by molar-refractivity contribution is 5.94. The summed E-state index contributed by atoms with van der Waals surface area (Å²) < 4.78 is 11.2. The summed E-state index contributed by atoms with van der Waals surface area (Å²) >= 11 is 0. The Morgan fingerprint density at radius 1 is 1.29 bits per heavy atom. The molecule has 0 spiro atoms. The molecule has 8 nitrogen and oxygen atoms in total. The maximum atomic E-state index is 12.8. The monoisotopic (exact) mass is 382 g/mol. The normalized spacial score (nSPS) is 26.3. The van der Waals surface area contributed by atoms with Crippen LogP contribution in [0, 0.1) is 11.8 Å². The fraction of sp³-hybridized carbons (Fsp3) is 0.500. The number of hydrogen-bond acceptors (Lipinski definition) is 6. The molecular formula is C20H22N4O4. The van der Waals surface area contributed by atoms with Gasteiger partial charge in [0.2, 0.25) is 0 Å². The molecule has 146 valence electrons. The Morgan fingerprint density at radius 2 is 2.18 bits per heavy atom. The van der Waals surface area contributed by atoms with Crippen molar-refractivity contribution in [3.05, 3.63) is 47.6 Å². The van der Waals surface area contributed by atoms with Crippen molar-refractivity contribution in [1.82, 2.24) is 20.4 Å². The van der Waals surface area contributed by atoms with Gasteiger partial charge in [0.05, 0.1) is 18.3 Å². The number of fused-ring (bicyclic) bond motifs is 1. The molecule has 2 aliphatic heterocycles. The van der Waals surface area contributed by atoms with E-state index in [9.17, 15) is 9.59 Å². The Morgan fingerprint density at radius 3 is 2.96 bits per heavy atom. The quantitative estimate of drug-likeness (QED) is 0.841. The van der Waals surface area contributed by atoms with E-state index in [1.165, 1.54) is 0 Å². The average Bonchev–Trinajstić information content (AvgIpc) is 3.15. The molecule has 1 aliphatic carbocycles. The predicted molar refractivity (Wildman–Crippen MR) is 97.7 cm³/mol. The van der Waals surface area contributed by atoms with Crippen molar-refractivity contribution in [2.75, 3.05) is 26.2 Å². The van der Waals surface area contributed by atoms with E-state index in [1.807, 2.05) is 0 Å². The summed E-state index contributed by atoms with van der Waals surface area (Å²) in [6.45, 7) is 2.29. The van der Waals surface area contributed by atoms with Gasteiger partial charge in [-0.2, -0.15) is 0 Å². The summed E-state index contributed by atoms with van der Waals surface area (Å²) in [7, 11) is 0. The van der Waals surface area contributed by atoms with Gasteiger partial charge in [-0.3, -0.25) is 14.6 Å². The van der Waals surface area contributed by atoms with Gasteiger partial charge < -0.3 is 19.5 Å². The number of amides is 2. The van der Waals surface area contributed by atoms with Gasteiger partial charge >= 0.3 is 0 Å². The first-order valence-corrected chi connectivity index (χ1v) is 9.75. The number of carbonyl (C=O) groups excluding carboxylic acids is 2. The van der Waals surface area contributed by atoms with E-state index in [-0.39, 0.29) is 29.8 Å². The van der Waals surface area contributed by atoms with Crippen LogP contribution in [0.2, 0.25) is 0 Å². The molecule has 2 amide bonds. The Balaban J connectivity index is 1.18. The summed E-state index contributed by atoms with van der Waals surface area (Å²) in [4.78, 5) is 30.8. The van der Waals surface area contributed by atoms with Crippen LogP contribution < -0.4 is 5.32 Å². The molecule has 5 rings (SSSR count). The number of nitrogens with one attached hydrogen (secondary N) is 1. The minimum Gasteiger partial charge on any atom is -0.376 e. The molecule has 0 bridgehead atoms. The van der Waals surface area contributed by atoms with Gasteiger partial charge in [0.1, 0.15) is 5.76 Å². The fourth-order valence-electron chi connectivity index (χ4n) is 4.11. The third kappa shape index (κ3) is 3.28. The van der Waals surface area contributed by atoms with Crippen molar-refractivity contribution in [3.8, 4) is 0 Å². The molecule has 0 aromatic carbocycles. The highest BCUT2D eigenvalue weighted by Crippen LogP contribution is 2.40. The summed E-state index contributed by atoms with van der Waals surface area (Å²) in [6.07, 6.45) is 5.42. The second-order valence-electron chi connectivity index (χ2n) is 7.85. The first-order valence-electron chi connectivity index (χ1n) is 9.75. The molecule has 2 aromatic heterocycles. The van der Waals surface area contributed by atoms with Crippen molar-refractivity contribution in [2.45, 2.75) is 24.9 Å². The zero-order valence-corrected chi connectivity index (χ0v) is 15.4. The van der Waals surface area contributed by atoms with E-state index in [0.29, 0.717) is 43.4 Å².